The van der Waals surface area contributed by atoms with E-state index in [1.807, 2.05) is 18.2 Å². The zero-order valence-electron chi connectivity index (χ0n) is 15.2. The van der Waals surface area contributed by atoms with Crippen LogP contribution in [0.4, 0.5) is 11.4 Å². The van der Waals surface area contributed by atoms with Gasteiger partial charge in [-0.3, -0.25) is 9.52 Å². The van der Waals surface area contributed by atoms with E-state index in [1.165, 1.54) is 0 Å². The average molecular weight is 376 g/mol. The number of sulfonamides is 1. The smallest absolute Gasteiger partial charge is 0.232 e. The number of rotatable bonds is 8. The Labute approximate surface area is 154 Å². The number of hydrogen-bond acceptors (Lipinski definition) is 4. The summed E-state index contributed by atoms with van der Waals surface area (Å²) in [6.07, 6.45) is 0.693. The summed E-state index contributed by atoms with van der Waals surface area (Å²) in [4.78, 5) is 12.4. The predicted molar refractivity (Wildman–Crippen MR) is 104 cm³/mol. The highest BCUT2D eigenvalue weighted by Crippen LogP contribution is 2.25. The van der Waals surface area contributed by atoms with E-state index >= 15 is 0 Å². The molecule has 0 saturated heterocycles. The number of carbonyl (C=O) groups excluding carboxylic acids is 1. The van der Waals surface area contributed by atoms with Gasteiger partial charge in [-0.25, -0.2) is 8.42 Å². The van der Waals surface area contributed by atoms with Crippen molar-refractivity contribution in [3.8, 4) is 5.75 Å². The lowest BCUT2D eigenvalue weighted by molar-refractivity contribution is -0.115. The summed E-state index contributed by atoms with van der Waals surface area (Å²) >= 11 is 0. The molecule has 0 atom stereocenters. The van der Waals surface area contributed by atoms with E-state index in [-0.39, 0.29) is 18.1 Å². The highest BCUT2D eigenvalue weighted by atomic mass is 32.2. The van der Waals surface area contributed by atoms with E-state index in [0.29, 0.717) is 29.1 Å². The first kappa shape index (κ1) is 19.8. The molecule has 0 aliphatic heterocycles. The Balaban J connectivity index is 2.14. The molecule has 0 radical (unpaired) electrons. The van der Waals surface area contributed by atoms with Gasteiger partial charge in [-0.15, -0.1) is 0 Å². The molecule has 0 aromatic heterocycles. The van der Waals surface area contributed by atoms with E-state index in [0.717, 1.165) is 5.56 Å². The molecule has 26 heavy (non-hydrogen) atoms. The molecule has 2 aromatic rings. The van der Waals surface area contributed by atoms with Crippen LogP contribution in [0.15, 0.2) is 42.5 Å². The number of methoxy groups -OCH3 is 1. The van der Waals surface area contributed by atoms with Crippen molar-refractivity contribution < 1.29 is 17.9 Å². The second kappa shape index (κ2) is 8.71. The van der Waals surface area contributed by atoms with E-state index in [1.54, 1.807) is 45.2 Å². The van der Waals surface area contributed by atoms with Crippen molar-refractivity contribution >= 4 is 27.3 Å². The minimum Gasteiger partial charge on any atom is -0.496 e. The molecule has 6 nitrogen and oxygen atoms in total. The van der Waals surface area contributed by atoms with Gasteiger partial charge in [-0.2, -0.15) is 0 Å². The van der Waals surface area contributed by atoms with Crippen LogP contribution >= 0.6 is 0 Å². The van der Waals surface area contributed by atoms with Crippen molar-refractivity contribution in [3.05, 3.63) is 53.6 Å². The van der Waals surface area contributed by atoms with Gasteiger partial charge >= 0.3 is 0 Å². The van der Waals surface area contributed by atoms with E-state index in [2.05, 4.69) is 10.0 Å². The van der Waals surface area contributed by atoms with Crippen molar-refractivity contribution in [2.75, 3.05) is 22.9 Å². The van der Waals surface area contributed by atoms with Crippen molar-refractivity contribution in [1.82, 2.24) is 0 Å². The third kappa shape index (κ3) is 5.23. The maximum absolute atomic E-state index is 12.4. The molecule has 1 amide bonds. The highest BCUT2D eigenvalue weighted by molar-refractivity contribution is 7.92. The second-order valence-electron chi connectivity index (χ2n) is 5.94. The van der Waals surface area contributed by atoms with Crippen molar-refractivity contribution in [2.45, 2.75) is 26.7 Å². The summed E-state index contributed by atoms with van der Waals surface area (Å²) in [5, 5.41) is 2.84. The largest absolute Gasteiger partial charge is 0.496 e. The van der Waals surface area contributed by atoms with Gasteiger partial charge in [0.05, 0.1) is 25.0 Å². The summed E-state index contributed by atoms with van der Waals surface area (Å²) in [6.45, 7) is 3.57. The summed E-state index contributed by atoms with van der Waals surface area (Å²) in [5.41, 5.74) is 2.49. The van der Waals surface area contributed by atoms with Gasteiger partial charge in [-0.1, -0.05) is 31.2 Å². The number of anilines is 2. The number of amides is 1. The summed E-state index contributed by atoms with van der Waals surface area (Å²) < 4.78 is 31.8. The molecule has 0 unspecified atom stereocenters. The molecule has 2 rings (SSSR count). The van der Waals surface area contributed by atoms with Crippen LogP contribution in [0.5, 0.6) is 5.75 Å². The lowest BCUT2D eigenvalue weighted by Crippen LogP contribution is -2.18. The SMILES string of the molecule is CCCS(=O)(=O)Nc1cccc(NC(=O)Cc2ccccc2OC)c1C. The van der Waals surface area contributed by atoms with Gasteiger partial charge in [0.15, 0.2) is 0 Å². The first-order valence-electron chi connectivity index (χ1n) is 8.38. The Morgan fingerprint density at radius 3 is 2.46 bits per heavy atom. The van der Waals surface area contributed by atoms with Crippen LogP contribution < -0.4 is 14.8 Å². The molecule has 2 aromatic carbocycles. The van der Waals surface area contributed by atoms with Crippen LogP contribution in [0, 0.1) is 6.92 Å². The standard InChI is InChI=1S/C19H24N2O4S/c1-4-12-26(23,24)21-17-10-7-9-16(14(17)2)20-19(22)13-15-8-5-6-11-18(15)25-3/h5-11,21H,4,12-13H2,1-3H3,(H,20,22). The van der Waals surface area contributed by atoms with Gasteiger partial charge in [0.2, 0.25) is 15.9 Å². The minimum absolute atomic E-state index is 0.0524. The third-order valence-electron chi connectivity index (χ3n) is 3.89. The molecule has 0 spiro atoms. The molecule has 7 heteroatoms. The summed E-state index contributed by atoms with van der Waals surface area (Å²) in [5.74, 6) is 0.503. The maximum Gasteiger partial charge on any atom is 0.232 e. The normalized spacial score (nSPS) is 11.0. The van der Waals surface area contributed by atoms with Gasteiger partial charge in [0.25, 0.3) is 0 Å². The molecule has 140 valence electrons. The topological polar surface area (TPSA) is 84.5 Å². The molecular formula is C19H24N2O4S. The highest BCUT2D eigenvalue weighted by Gasteiger charge is 2.14. The van der Waals surface area contributed by atoms with Crippen LogP contribution in [-0.2, 0) is 21.2 Å². The van der Waals surface area contributed by atoms with E-state index in [9.17, 15) is 13.2 Å². The van der Waals surface area contributed by atoms with Crippen LogP contribution in [0.1, 0.15) is 24.5 Å². The quantitative estimate of drug-likeness (QED) is 0.740. The Morgan fingerprint density at radius 2 is 1.77 bits per heavy atom. The lowest BCUT2D eigenvalue weighted by atomic mass is 10.1. The van der Waals surface area contributed by atoms with Crippen molar-refractivity contribution in [1.29, 1.82) is 0 Å². The van der Waals surface area contributed by atoms with Crippen LogP contribution in [0.3, 0.4) is 0 Å². The molecule has 0 aliphatic carbocycles. The van der Waals surface area contributed by atoms with Gasteiger partial charge in [-0.05, 0) is 37.1 Å². The van der Waals surface area contributed by atoms with Gasteiger partial charge in [0.1, 0.15) is 5.75 Å². The van der Waals surface area contributed by atoms with Crippen LogP contribution in [0.25, 0.3) is 0 Å². The van der Waals surface area contributed by atoms with E-state index < -0.39 is 10.0 Å². The molecule has 0 aliphatic rings. The number of ether oxygens (including phenoxy) is 1. The number of hydrogen-bond donors (Lipinski definition) is 2. The fourth-order valence-corrected chi connectivity index (χ4v) is 3.78. The second-order valence-corrected chi connectivity index (χ2v) is 7.78. The fraction of sp³-hybridized carbons (Fsp3) is 0.316. The zero-order chi connectivity index (χ0) is 19.2. The average Bonchev–Trinajstić information content (AvgIpc) is 2.58. The molecule has 0 fully saturated rings. The fourth-order valence-electron chi connectivity index (χ4n) is 2.59. The number of para-hydroxylation sites is 1. The monoisotopic (exact) mass is 376 g/mol. The number of benzene rings is 2. The summed E-state index contributed by atoms with van der Waals surface area (Å²) in [6, 6.07) is 12.5. The first-order chi connectivity index (χ1) is 12.4. The van der Waals surface area contributed by atoms with Gasteiger partial charge in [0, 0.05) is 11.3 Å². The van der Waals surface area contributed by atoms with Gasteiger partial charge < -0.3 is 10.1 Å². The maximum atomic E-state index is 12.4. The molecule has 2 N–H and O–H groups in total. The predicted octanol–water partition coefficient (Wildman–Crippen LogP) is 3.34. The Hall–Kier alpha value is -2.54. The van der Waals surface area contributed by atoms with Crippen LogP contribution in [-0.4, -0.2) is 27.2 Å². The molecule has 0 bridgehead atoms. The number of carbonyl (C=O) groups is 1. The molecule has 0 saturated carbocycles. The summed E-state index contributed by atoms with van der Waals surface area (Å²) in [7, 11) is -1.83. The minimum atomic E-state index is -3.39. The third-order valence-corrected chi connectivity index (χ3v) is 5.37. The number of nitrogens with one attached hydrogen (secondary N) is 2. The lowest BCUT2D eigenvalue weighted by Gasteiger charge is -2.14. The van der Waals surface area contributed by atoms with Crippen molar-refractivity contribution in [3.63, 3.8) is 0 Å². The van der Waals surface area contributed by atoms with E-state index in [4.69, 9.17) is 4.74 Å². The Bertz CT molecular complexity index is 879. The Kier molecular flexibility index (Phi) is 6.63. The first-order valence-corrected chi connectivity index (χ1v) is 10.0. The van der Waals surface area contributed by atoms with Crippen LogP contribution in [0.2, 0.25) is 0 Å². The Morgan fingerprint density at radius 1 is 1.08 bits per heavy atom. The van der Waals surface area contributed by atoms with Crippen molar-refractivity contribution in [2.24, 2.45) is 0 Å². The molecule has 0 heterocycles. The molecular weight excluding hydrogens is 352 g/mol. The zero-order valence-corrected chi connectivity index (χ0v) is 16.0.